The molecule has 0 aliphatic heterocycles. The minimum atomic E-state index is -0.908. The zero-order valence-electron chi connectivity index (χ0n) is 11.3. The highest BCUT2D eigenvalue weighted by Gasteiger charge is 2.17. The van der Waals surface area contributed by atoms with Crippen LogP contribution in [-0.2, 0) is 0 Å². The van der Waals surface area contributed by atoms with E-state index in [1.165, 1.54) is 37.8 Å². The molecule has 0 saturated heterocycles. The number of rotatable bonds is 5. The standard InChI is InChI=1S/C15H21F2NO/c1-11-5-7-12(8-6-11)18-9-10-19-14-4-2-3-13(16)15(14)17/h2-4,11-12,18H,5-10H2,1H3. The first kappa shape index (κ1) is 14.3. The van der Waals surface area contributed by atoms with Gasteiger partial charge in [-0.2, -0.15) is 4.39 Å². The molecule has 0 bridgehead atoms. The molecule has 19 heavy (non-hydrogen) atoms. The summed E-state index contributed by atoms with van der Waals surface area (Å²) >= 11 is 0. The van der Waals surface area contributed by atoms with Gasteiger partial charge in [0, 0.05) is 12.6 Å². The van der Waals surface area contributed by atoms with Gasteiger partial charge >= 0.3 is 0 Å². The van der Waals surface area contributed by atoms with Crippen molar-refractivity contribution >= 4 is 0 Å². The molecule has 4 heteroatoms. The van der Waals surface area contributed by atoms with Crippen LogP contribution < -0.4 is 10.1 Å². The Hall–Kier alpha value is -1.16. The Bertz CT molecular complexity index is 403. The van der Waals surface area contributed by atoms with E-state index >= 15 is 0 Å². The first-order valence-electron chi connectivity index (χ1n) is 6.97. The Morgan fingerprint density at radius 1 is 1.21 bits per heavy atom. The van der Waals surface area contributed by atoms with Crippen LogP contribution in [0.4, 0.5) is 8.78 Å². The van der Waals surface area contributed by atoms with Crippen molar-refractivity contribution in [1.82, 2.24) is 5.32 Å². The Balaban J connectivity index is 1.68. The van der Waals surface area contributed by atoms with E-state index < -0.39 is 11.6 Å². The number of hydrogen-bond acceptors (Lipinski definition) is 2. The van der Waals surface area contributed by atoms with Crippen molar-refractivity contribution in [2.75, 3.05) is 13.2 Å². The van der Waals surface area contributed by atoms with Gasteiger partial charge in [0.2, 0.25) is 5.82 Å². The summed E-state index contributed by atoms with van der Waals surface area (Å²) in [5, 5.41) is 3.41. The van der Waals surface area contributed by atoms with Gasteiger partial charge in [-0.25, -0.2) is 4.39 Å². The molecule has 1 aromatic rings. The Morgan fingerprint density at radius 3 is 2.68 bits per heavy atom. The van der Waals surface area contributed by atoms with Crippen LogP contribution in [0, 0.1) is 17.6 Å². The van der Waals surface area contributed by atoms with Gasteiger partial charge in [0.05, 0.1) is 0 Å². The summed E-state index contributed by atoms with van der Waals surface area (Å²) in [6.45, 7) is 3.30. The highest BCUT2D eigenvalue weighted by Crippen LogP contribution is 2.23. The molecule has 0 unspecified atom stereocenters. The maximum atomic E-state index is 13.3. The fourth-order valence-corrected chi connectivity index (χ4v) is 2.48. The second-order valence-corrected chi connectivity index (χ2v) is 5.31. The van der Waals surface area contributed by atoms with Crippen molar-refractivity contribution in [3.05, 3.63) is 29.8 Å². The van der Waals surface area contributed by atoms with Gasteiger partial charge in [-0.15, -0.1) is 0 Å². The van der Waals surface area contributed by atoms with Crippen molar-refractivity contribution < 1.29 is 13.5 Å². The summed E-state index contributed by atoms with van der Waals surface area (Å²) in [5.41, 5.74) is 0. The monoisotopic (exact) mass is 269 g/mol. The van der Waals surface area contributed by atoms with Crippen LogP contribution in [-0.4, -0.2) is 19.2 Å². The average Bonchev–Trinajstić information content (AvgIpc) is 2.41. The largest absolute Gasteiger partial charge is 0.489 e. The minimum Gasteiger partial charge on any atom is -0.489 e. The zero-order chi connectivity index (χ0) is 13.7. The number of hydrogen-bond donors (Lipinski definition) is 1. The number of nitrogens with one attached hydrogen (secondary N) is 1. The van der Waals surface area contributed by atoms with Crippen molar-refractivity contribution in [2.24, 2.45) is 5.92 Å². The topological polar surface area (TPSA) is 21.3 Å². The summed E-state index contributed by atoms with van der Waals surface area (Å²) in [6, 6.07) is 4.52. The highest BCUT2D eigenvalue weighted by atomic mass is 19.2. The summed E-state index contributed by atoms with van der Waals surface area (Å²) < 4.78 is 31.5. The zero-order valence-corrected chi connectivity index (χ0v) is 11.3. The predicted molar refractivity (Wildman–Crippen MR) is 71.3 cm³/mol. The quantitative estimate of drug-likeness (QED) is 0.826. The van der Waals surface area contributed by atoms with Gasteiger partial charge in [0.15, 0.2) is 11.6 Å². The van der Waals surface area contributed by atoms with E-state index in [1.54, 1.807) is 0 Å². The van der Waals surface area contributed by atoms with Crippen LogP contribution in [0.25, 0.3) is 0 Å². The van der Waals surface area contributed by atoms with Gasteiger partial charge < -0.3 is 10.1 Å². The van der Waals surface area contributed by atoms with Crippen LogP contribution in [0.1, 0.15) is 32.6 Å². The van der Waals surface area contributed by atoms with Crippen LogP contribution >= 0.6 is 0 Å². The number of halogens is 2. The molecule has 1 N–H and O–H groups in total. The van der Waals surface area contributed by atoms with E-state index in [0.29, 0.717) is 19.2 Å². The van der Waals surface area contributed by atoms with Gasteiger partial charge in [-0.3, -0.25) is 0 Å². The number of ether oxygens (including phenoxy) is 1. The fraction of sp³-hybridized carbons (Fsp3) is 0.600. The number of benzene rings is 1. The molecule has 1 aliphatic carbocycles. The molecule has 1 aromatic carbocycles. The van der Waals surface area contributed by atoms with Crippen molar-refractivity contribution in [3.8, 4) is 5.75 Å². The normalized spacial score (nSPS) is 23.3. The summed E-state index contributed by atoms with van der Waals surface area (Å²) in [5.74, 6) is -0.963. The van der Waals surface area contributed by atoms with Gasteiger partial charge in [-0.1, -0.05) is 13.0 Å². The molecule has 0 aromatic heterocycles. The molecule has 1 fully saturated rings. The van der Waals surface area contributed by atoms with E-state index in [2.05, 4.69) is 12.2 Å². The van der Waals surface area contributed by atoms with Gasteiger partial charge in [0.1, 0.15) is 6.61 Å². The lowest BCUT2D eigenvalue weighted by Crippen LogP contribution is -2.35. The summed E-state index contributed by atoms with van der Waals surface area (Å²) in [4.78, 5) is 0. The van der Waals surface area contributed by atoms with Crippen LogP contribution in [0.3, 0.4) is 0 Å². The van der Waals surface area contributed by atoms with E-state index in [1.807, 2.05) is 0 Å². The molecule has 2 nitrogen and oxygen atoms in total. The second kappa shape index (κ2) is 6.85. The van der Waals surface area contributed by atoms with Crippen molar-refractivity contribution in [3.63, 3.8) is 0 Å². The third-order valence-corrected chi connectivity index (χ3v) is 3.72. The maximum Gasteiger partial charge on any atom is 0.200 e. The third kappa shape index (κ3) is 4.16. The van der Waals surface area contributed by atoms with E-state index in [0.717, 1.165) is 12.0 Å². The molecule has 1 aliphatic rings. The van der Waals surface area contributed by atoms with E-state index in [-0.39, 0.29) is 5.75 Å². The predicted octanol–water partition coefficient (Wildman–Crippen LogP) is 3.51. The van der Waals surface area contributed by atoms with E-state index in [9.17, 15) is 8.78 Å². The lowest BCUT2D eigenvalue weighted by Gasteiger charge is -2.27. The average molecular weight is 269 g/mol. The lowest BCUT2D eigenvalue weighted by atomic mass is 9.87. The van der Waals surface area contributed by atoms with Gasteiger partial charge in [0.25, 0.3) is 0 Å². The molecule has 0 spiro atoms. The molecule has 0 heterocycles. The maximum absolute atomic E-state index is 13.3. The lowest BCUT2D eigenvalue weighted by molar-refractivity contribution is 0.261. The molecule has 106 valence electrons. The Labute approximate surface area is 113 Å². The first-order chi connectivity index (χ1) is 9.16. The molecule has 0 atom stereocenters. The molecular weight excluding hydrogens is 248 g/mol. The Kier molecular flexibility index (Phi) is 5.14. The summed E-state index contributed by atoms with van der Waals surface area (Å²) in [7, 11) is 0. The molecule has 2 rings (SSSR count). The highest BCUT2D eigenvalue weighted by molar-refractivity contribution is 5.24. The molecule has 1 saturated carbocycles. The SMILES string of the molecule is CC1CCC(NCCOc2cccc(F)c2F)CC1. The third-order valence-electron chi connectivity index (χ3n) is 3.72. The first-order valence-corrected chi connectivity index (χ1v) is 6.97. The fourth-order valence-electron chi connectivity index (χ4n) is 2.48. The molecule has 0 amide bonds. The van der Waals surface area contributed by atoms with Gasteiger partial charge in [-0.05, 0) is 43.7 Å². The van der Waals surface area contributed by atoms with Crippen LogP contribution in [0.2, 0.25) is 0 Å². The van der Waals surface area contributed by atoms with Crippen LogP contribution in [0.15, 0.2) is 18.2 Å². The van der Waals surface area contributed by atoms with Crippen molar-refractivity contribution in [1.29, 1.82) is 0 Å². The minimum absolute atomic E-state index is 0.0148. The second-order valence-electron chi connectivity index (χ2n) is 5.31. The Morgan fingerprint density at radius 2 is 1.95 bits per heavy atom. The van der Waals surface area contributed by atoms with Crippen LogP contribution in [0.5, 0.6) is 5.75 Å². The smallest absolute Gasteiger partial charge is 0.200 e. The molecule has 0 radical (unpaired) electrons. The summed E-state index contributed by atoms with van der Waals surface area (Å²) in [6.07, 6.45) is 4.90. The van der Waals surface area contributed by atoms with Crippen molar-refractivity contribution in [2.45, 2.75) is 38.6 Å². The van der Waals surface area contributed by atoms with E-state index in [4.69, 9.17) is 4.74 Å². The molecular formula is C15H21F2NO.